The average Bonchev–Trinajstić information content (AvgIpc) is 2.59. The van der Waals surface area contributed by atoms with Crippen LogP contribution in [0.4, 0.5) is 5.69 Å². The first kappa shape index (κ1) is 10.5. The zero-order valence-corrected chi connectivity index (χ0v) is 9.59. The minimum Gasteiger partial charge on any atom is -0.381 e. The van der Waals surface area contributed by atoms with Gasteiger partial charge in [0.05, 0.1) is 0 Å². The normalized spacial score (nSPS) is 25.5. The minimum atomic E-state index is 0.326. The summed E-state index contributed by atoms with van der Waals surface area (Å²) in [6.45, 7) is 4.29. The Balaban J connectivity index is 2.07. The second kappa shape index (κ2) is 4.23. The van der Waals surface area contributed by atoms with E-state index >= 15 is 0 Å². The molecular weight excluding hydrogens is 184 g/mol. The van der Waals surface area contributed by atoms with Crippen molar-refractivity contribution in [3.05, 3.63) is 29.3 Å². The van der Waals surface area contributed by atoms with Crippen LogP contribution in [0.25, 0.3) is 0 Å². The maximum Gasteiger partial charge on any atom is 0.0412 e. The monoisotopic (exact) mass is 204 g/mol. The highest BCUT2D eigenvalue weighted by Gasteiger charge is 2.23. The van der Waals surface area contributed by atoms with Crippen molar-refractivity contribution in [1.82, 2.24) is 0 Å². The van der Waals surface area contributed by atoms with Crippen molar-refractivity contribution >= 4 is 5.69 Å². The van der Waals surface area contributed by atoms with Gasteiger partial charge in [-0.25, -0.2) is 0 Å². The Morgan fingerprint density at radius 3 is 2.60 bits per heavy atom. The molecule has 15 heavy (non-hydrogen) atoms. The van der Waals surface area contributed by atoms with Gasteiger partial charge in [-0.05, 0) is 56.4 Å². The Bertz CT molecular complexity index is 346. The fourth-order valence-corrected chi connectivity index (χ4v) is 2.21. The van der Waals surface area contributed by atoms with E-state index < -0.39 is 0 Å². The highest BCUT2D eigenvalue weighted by Crippen LogP contribution is 2.22. The predicted molar refractivity (Wildman–Crippen MR) is 65.2 cm³/mol. The van der Waals surface area contributed by atoms with E-state index in [4.69, 9.17) is 5.73 Å². The summed E-state index contributed by atoms with van der Waals surface area (Å²) >= 11 is 0. The van der Waals surface area contributed by atoms with Crippen LogP contribution >= 0.6 is 0 Å². The topological polar surface area (TPSA) is 38.0 Å². The Hall–Kier alpha value is -1.02. The number of hydrogen-bond acceptors (Lipinski definition) is 2. The molecule has 0 spiro atoms. The number of hydrogen-bond donors (Lipinski definition) is 2. The molecule has 1 aromatic carbocycles. The lowest BCUT2D eigenvalue weighted by Crippen LogP contribution is -2.35. The molecule has 0 bridgehead atoms. The fourth-order valence-electron chi connectivity index (χ4n) is 2.21. The van der Waals surface area contributed by atoms with Gasteiger partial charge in [-0.15, -0.1) is 0 Å². The smallest absolute Gasteiger partial charge is 0.0412 e. The summed E-state index contributed by atoms with van der Waals surface area (Å²) in [5.41, 5.74) is 9.92. The lowest BCUT2D eigenvalue weighted by molar-refractivity contribution is 0.638. The molecule has 0 aliphatic heterocycles. The molecule has 2 nitrogen and oxygen atoms in total. The van der Waals surface area contributed by atoms with E-state index in [-0.39, 0.29) is 0 Å². The third-order valence-electron chi connectivity index (χ3n) is 3.43. The van der Waals surface area contributed by atoms with Crippen LogP contribution < -0.4 is 11.1 Å². The summed E-state index contributed by atoms with van der Waals surface area (Å²) < 4.78 is 0. The summed E-state index contributed by atoms with van der Waals surface area (Å²) in [4.78, 5) is 0. The van der Waals surface area contributed by atoms with Gasteiger partial charge in [-0.2, -0.15) is 0 Å². The lowest BCUT2D eigenvalue weighted by atomic mass is 10.1. The number of aryl methyl sites for hydroxylation is 2. The van der Waals surface area contributed by atoms with Crippen LogP contribution in [0.5, 0.6) is 0 Å². The van der Waals surface area contributed by atoms with E-state index in [1.54, 1.807) is 0 Å². The molecule has 1 saturated carbocycles. The molecule has 2 rings (SSSR count). The maximum absolute atomic E-state index is 6.03. The number of nitrogens with two attached hydrogens (primary N) is 1. The van der Waals surface area contributed by atoms with Gasteiger partial charge in [0.2, 0.25) is 0 Å². The first-order chi connectivity index (χ1) is 7.16. The van der Waals surface area contributed by atoms with Crippen molar-refractivity contribution in [2.45, 2.75) is 45.2 Å². The summed E-state index contributed by atoms with van der Waals surface area (Å²) in [5.74, 6) is 0. The summed E-state index contributed by atoms with van der Waals surface area (Å²) in [7, 11) is 0. The second-order valence-electron chi connectivity index (χ2n) is 4.64. The van der Waals surface area contributed by atoms with E-state index in [1.807, 2.05) is 0 Å². The van der Waals surface area contributed by atoms with Crippen LogP contribution in [-0.4, -0.2) is 12.1 Å². The van der Waals surface area contributed by atoms with Crippen LogP contribution in [0.15, 0.2) is 18.2 Å². The maximum atomic E-state index is 6.03. The van der Waals surface area contributed by atoms with E-state index in [0.29, 0.717) is 12.1 Å². The Labute approximate surface area is 91.9 Å². The summed E-state index contributed by atoms with van der Waals surface area (Å²) in [6, 6.07) is 7.31. The highest BCUT2D eigenvalue weighted by atomic mass is 15.0. The molecule has 1 aliphatic carbocycles. The Morgan fingerprint density at radius 1 is 1.20 bits per heavy atom. The number of nitrogens with one attached hydrogen (secondary N) is 1. The van der Waals surface area contributed by atoms with Crippen molar-refractivity contribution in [3.63, 3.8) is 0 Å². The van der Waals surface area contributed by atoms with Gasteiger partial charge in [0.1, 0.15) is 0 Å². The molecule has 1 aliphatic rings. The van der Waals surface area contributed by atoms with Crippen LogP contribution in [0.2, 0.25) is 0 Å². The second-order valence-corrected chi connectivity index (χ2v) is 4.64. The first-order valence-corrected chi connectivity index (χ1v) is 5.76. The molecule has 0 unspecified atom stereocenters. The van der Waals surface area contributed by atoms with Gasteiger partial charge in [0.15, 0.2) is 0 Å². The highest BCUT2D eigenvalue weighted by molar-refractivity contribution is 5.49. The first-order valence-electron chi connectivity index (χ1n) is 5.76. The van der Waals surface area contributed by atoms with Crippen molar-refractivity contribution in [1.29, 1.82) is 0 Å². The van der Waals surface area contributed by atoms with Crippen LogP contribution in [-0.2, 0) is 0 Å². The fraction of sp³-hybridized carbons (Fsp3) is 0.538. The predicted octanol–water partition coefficient (Wildman–Crippen LogP) is 2.60. The van der Waals surface area contributed by atoms with E-state index in [1.165, 1.54) is 29.7 Å². The molecule has 0 radical (unpaired) electrons. The molecule has 0 amide bonds. The Morgan fingerprint density at radius 2 is 2.00 bits per heavy atom. The molecule has 1 fully saturated rings. The standard InChI is InChI=1S/C13H20N2/c1-9-6-7-11(8-10(9)2)15-13-5-3-4-12(13)14/h6-8,12-13,15H,3-5,14H2,1-2H3/t12-,13+/m0/s1. The third-order valence-corrected chi connectivity index (χ3v) is 3.43. The van der Waals surface area contributed by atoms with E-state index in [9.17, 15) is 0 Å². The van der Waals surface area contributed by atoms with Crippen LogP contribution in [0, 0.1) is 13.8 Å². The molecular formula is C13H20N2. The zero-order valence-electron chi connectivity index (χ0n) is 9.59. The molecule has 2 atom stereocenters. The Kier molecular flexibility index (Phi) is 2.96. The minimum absolute atomic E-state index is 0.326. The van der Waals surface area contributed by atoms with E-state index in [0.717, 1.165) is 6.42 Å². The molecule has 3 N–H and O–H groups in total. The molecule has 0 heterocycles. The van der Waals surface area contributed by atoms with Gasteiger partial charge in [-0.3, -0.25) is 0 Å². The van der Waals surface area contributed by atoms with Gasteiger partial charge >= 0.3 is 0 Å². The average molecular weight is 204 g/mol. The van der Waals surface area contributed by atoms with Gasteiger partial charge in [0.25, 0.3) is 0 Å². The van der Waals surface area contributed by atoms with E-state index in [2.05, 4.69) is 37.4 Å². The summed E-state index contributed by atoms with van der Waals surface area (Å²) in [6.07, 6.45) is 3.61. The van der Waals surface area contributed by atoms with Crippen LogP contribution in [0.1, 0.15) is 30.4 Å². The molecule has 0 aromatic heterocycles. The molecule has 1 aromatic rings. The van der Waals surface area contributed by atoms with Crippen molar-refractivity contribution in [3.8, 4) is 0 Å². The van der Waals surface area contributed by atoms with Gasteiger partial charge < -0.3 is 11.1 Å². The zero-order chi connectivity index (χ0) is 10.8. The molecule has 82 valence electrons. The number of rotatable bonds is 2. The van der Waals surface area contributed by atoms with Crippen molar-refractivity contribution in [2.24, 2.45) is 5.73 Å². The lowest BCUT2D eigenvalue weighted by Gasteiger charge is -2.19. The molecule has 2 heteroatoms. The molecule has 0 saturated heterocycles. The third kappa shape index (κ3) is 2.32. The summed E-state index contributed by atoms with van der Waals surface area (Å²) in [5, 5.41) is 3.53. The SMILES string of the molecule is Cc1ccc(N[C@@H]2CCC[C@@H]2N)cc1C. The van der Waals surface area contributed by atoms with Crippen LogP contribution in [0.3, 0.4) is 0 Å². The number of benzene rings is 1. The largest absolute Gasteiger partial charge is 0.381 e. The van der Waals surface area contributed by atoms with Gasteiger partial charge in [0, 0.05) is 17.8 Å². The number of anilines is 1. The van der Waals surface area contributed by atoms with Crippen molar-refractivity contribution < 1.29 is 0 Å². The van der Waals surface area contributed by atoms with Gasteiger partial charge in [-0.1, -0.05) is 6.07 Å². The quantitative estimate of drug-likeness (QED) is 0.777. The van der Waals surface area contributed by atoms with Crippen molar-refractivity contribution in [2.75, 3.05) is 5.32 Å².